The molecular weight excluding hydrogens is 326 g/mol. The van der Waals surface area contributed by atoms with Crippen molar-refractivity contribution in [3.63, 3.8) is 0 Å². The highest BCUT2D eigenvalue weighted by molar-refractivity contribution is 14.1. The van der Waals surface area contributed by atoms with Gasteiger partial charge >= 0.3 is 0 Å². The monoisotopic (exact) mass is 330 g/mol. The van der Waals surface area contributed by atoms with Crippen molar-refractivity contribution in [2.75, 3.05) is 0 Å². The molecule has 1 rings (SSSR count). The molecule has 0 spiro atoms. The second kappa shape index (κ2) is 3.82. The van der Waals surface area contributed by atoms with Crippen LogP contribution in [0.5, 0.6) is 0 Å². The van der Waals surface area contributed by atoms with Crippen molar-refractivity contribution in [2.24, 2.45) is 0 Å². The lowest BCUT2D eigenvalue weighted by molar-refractivity contribution is 0.275. The highest BCUT2D eigenvalue weighted by atomic mass is 127. The van der Waals surface area contributed by atoms with Crippen LogP contribution in [0.2, 0.25) is 0 Å². The lowest BCUT2D eigenvalue weighted by Gasteiger charge is -2.01. The second-order valence-electron chi connectivity index (χ2n) is 2.02. The Morgan fingerprint density at radius 2 is 2.18 bits per heavy atom. The molecule has 11 heavy (non-hydrogen) atoms. The van der Waals surface area contributed by atoms with Gasteiger partial charge in [-0.05, 0) is 34.7 Å². The Hall–Kier alpha value is 0.320. The van der Waals surface area contributed by atoms with E-state index in [0.29, 0.717) is 9.13 Å². The second-order valence-corrected chi connectivity index (χ2v) is 4.10. The Morgan fingerprint density at radius 1 is 1.55 bits per heavy atom. The summed E-state index contributed by atoms with van der Waals surface area (Å²) in [5, 5.41) is 8.70. The Labute approximate surface area is 85.9 Å². The van der Waals surface area contributed by atoms with Gasteiger partial charge in [-0.15, -0.1) is 0 Å². The fourth-order valence-electron chi connectivity index (χ4n) is 0.724. The summed E-state index contributed by atoms with van der Waals surface area (Å²) in [7, 11) is 0. The van der Waals surface area contributed by atoms with Gasteiger partial charge in [-0.25, -0.2) is 4.39 Å². The summed E-state index contributed by atoms with van der Waals surface area (Å²) in [6.45, 7) is -0.263. The van der Waals surface area contributed by atoms with Gasteiger partial charge in [0, 0.05) is 10.0 Å². The smallest absolute Gasteiger partial charge is 0.142 e. The summed E-state index contributed by atoms with van der Waals surface area (Å²) in [4.78, 5) is 0. The van der Waals surface area contributed by atoms with Crippen molar-refractivity contribution < 1.29 is 9.50 Å². The first-order chi connectivity index (χ1) is 5.15. The van der Waals surface area contributed by atoms with E-state index in [1.165, 1.54) is 0 Å². The van der Waals surface area contributed by atoms with Gasteiger partial charge in [0.2, 0.25) is 0 Å². The maximum absolute atomic E-state index is 13.0. The molecule has 0 amide bonds. The number of benzene rings is 1. The Balaban J connectivity index is 3.24. The third-order valence-electron chi connectivity index (χ3n) is 1.24. The molecular formula is C7H5BrFIO. The lowest BCUT2D eigenvalue weighted by Crippen LogP contribution is -1.92. The zero-order valence-corrected chi connectivity index (χ0v) is 9.19. The largest absolute Gasteiger partial charge is 0.392 e. The molecule has 1 N–H and O–H groups in total. The predicted molar refractivity (Wildman–Crippen MR) is 52.7 cm³/mol. The van der Waals surface area contributed by atoms with Crippen LogP contribution in [-0.2, 0) is 6.61 Å². The summed E-state index contributed by atoms with van der Waals surface area (Å²) in [6, 6.07) is 3.23. The first-order valence-electron chi connectivity index (χ1n) is 2.89. The van der Waals surface area contributed by atoms with Crippen molar-refractivity contribution >= 4 is 38.5 Å². The quantitative estimate of drug-likeness (QED) is 0.620. The third-order valence-corrected chi connectivity index (χ3v) is 2.48. The van der Waals surface area contributed by atoms with Crippen LogP contribution in [0.25, 0.3) is 0 Å². The fraction of sp³-hybridized carbons (Fsp3) is 0.143. The van der Waals surface area contributed by atoms with Crippen molar-refractivity contribution in [2.45, 2.75) is 6.61 Å². The molecule has 0 atom stereocenters. The number of hydrogen-bond acceptors (Lipinski definition) is 1. The molecule has 0 saturated heterocycles. The zero-order chi connectivity index (χ0) is 8.43. The highest BCUT2D eigenvalue weighted by Crippen LogP contribution is 2.21. The standard InChI is InChI=1S/C7H5BrFIO/c8-5-1-4(3-11)7(9)6(10)2-5/h1-2,11H,3H2. The van der Waals surface area contributed by atoms with Crippen LogP contribution in [0.15, 0.2) is 16.6 Å². The summed E-state index contributed by atoms with van der Waals surface area (Å²) in [5.74, 6) is -0.337. The SMILES string of the molecule is OCc1cc(Br)cc(I)c1F. The van der Waals surface area contributed by atoms with Gasteiger partial charge in [0.1, 0.15) is 5.82 Å². The van der Waals surface area contributed by atoms with Gasteiger partial charge < -0.3 is 5.11 Å². The van der Waals surface area contributed by atoms with Gasteiger partial charge in [-0.1, -0.05) is 15.9 Å². The average molecular weight is 331 g/mol. The van der Waals surface area contributed by atoms with Crippen LogP contribution in [0, 0.1) is 9.39 Å². The van der Waals surface area contributed by atoms with Crippen LogP contribution in [-0.4, -0.2) is 5.11 Å². The third kappa shape index (κ3) is 2.13. The van der Waals surface area contributed by atoms with Gasteiger partial charge in [0.25, 0.3) is 0 Å². The molecule has 1 nitrogen and oxygen atoms in total. The van der Waals surface area contributed by atoms with Gasteiger partial charge in [-0.3, -0.25) is 0 Å². The minimum atomic E-state index is -0.337. The Kier molecular flexibility index (Phi) is 3.27. The number of aliphatic hydroxyl groups excluding tert-OH is 1. The van der Waals surface area contributed by atoms with Crippen LogP contribution in [0.3, 0.4) is 0 Å². The number of rotatable bonds is 1. The summed E-state index contributed by atoms with van der Waals surface area (Å²) in [6.07, 6.45) is 0. The maximum atomic E-state index is 13.0. The van der Waals surface area contributed by atoms with Gasteiger partial charge in [0.15, 0.2) is 0 Å². The number of aliphatic hydroxyl groups is 1. The molecule has 0 radical (unpaired) electrons. The topological polar surface area (TPSA) is 20.2 Å². The number of hydrogen-bond donors (Lipinski definition) is 1. The summed E-state index contributed by atoms with van der Waals surface area (Å²) >= 11 is 5.09. The minimum absolute atomic E-state index is 0.263. The normalized spacial score (nSPS) is 10.2. The van der Waals surface area contributed by atoms with Crippen LogP contribution >= 0.6 is 38.5 Å². The molecule has 0 unspecified atom stereocenters. The van der Waals surface area contributed by atoms with Crippen molar-refractivity contribution in [3.8, 4) is 0 Å². The molecule has 4 heteroatoms. The van der Waals surface area contributed by atoms with E-state index in [1.807, 2.05) is 22.6 Å². The van der Waals surface area contributed by atoms with Crippen molar-refractivity contribution in [1.82, 2.24) is 0 Å². The van der Waals surface area contributed by atoms with Crippen molar-refractivity contribution in [3.05, 3.63) is 31.6 Å². The molecule has 60 valence electrons. The number of halogens is 3. The first-order valence-corrected chi connectivity index (χ1v) is 4.76. The van der Waals surface area contributed by atoms with E-state index in [1.54, 1.807) is 12.1 Å². The maximum Gasteiger partial charge on any atom is 0.142 e. The zero-order valence-electron chi connectivity index (χ0n) is 5.44. The van der Waals surface area contributed by atoms with E-state index in [-0.39, 0.29) is 12.4 Å². The Bertz CT molecular complexity index is 277. The summed E-state index contributed by atoms with van der Waals surface area (Å²) in [5.41, 5.74) is 0.323. The fourth-order valence-corrected chi connectivity index (χ4v) is 2.34. The molecule has 0 aliphatic rings. The van der Waals surface area contributed by atoms with Crippen molar-refractivity contribution in [1.29, 1.82) is 0 Å². The van der Waals surface area contributed by atoms with E-state index in [9.17, 15) is 4.39 Å². The highest BCUT2D eigenvalue weighted by Gasteiger charge is 2.06. The molecule has 0 heterocycles. The molecule has 0 aliphatic heterocycles. The van der Waals surface area contributed by atoms with Crippen LogP contribution < -0.4 is 0 Å². The molecule has 1 aromatic rings. The first kappa shape index (κ1) is 9.41. The van der Waals surface area contributed by atoms with E-state index >= 15 is 0 Å². The predicted octanol–water partition coefficient (Wildman–Crippen LogP) is 2.69. The molecule has 0 fully saturated rings. The molecule has 0 aromatic heterocycles. The summed E-state index contributed by atoms with van der Waals surface area (Å²) < 4.78 is 14.3. The molecule has 0 bridgehead atoms. The van der Waals surface area contributed by atoms with E-state index in [4.69, 9.17) is 5.11 Å². The Morgan fingerprint density at radius 3 is 2.73 bits per heavy atom. The van der Waals surface area contributed by atoms with E-state index in [2.05, 4.69) is 15.9 Å². The molecule has 0 aliphatic carbocycles. The van der Waals surface area contributed by atoms with E-state index in [0.717, 1.165) is 4.47 Å². The van der Waals surface area contributed by atoms with Gasteiger partial charge in [-0.2, -0.15) is 0 Å². The lowest BCUT2D eigenvalue weighted by atomic mass is 10.2. The molecule has 1 aromatic carbocycles. The van der Waals surface area contributed by atoms with Gasteiger partial charge in [0.05, 0.1) is 10.2 Å². The van der Waals surface area contributed by atoms with Crippen LogP contribution in [0.1, 0.15) is 5.56 Å². The van der Waals surface area contributed by atoms with E-state index < -0.39 is 0 Å². The average Bonchev–Trinajstić information content (AvgIpc) is 1.96. The minimum Gasteiger partial charge on any atom is -0.392 e. The molecule has 0 saturated carbocycles. The van der Waals surface area contributed by atoms with Crippen LogP contribution in [0.4, 0.5) is 4.39 Å².